The molecule has 0 aliphatic heterocycles. The zero-order valence-electron chi connectivity index (χ0n) is 14.4. The molecular weight excluding hydrogens is 398 g/mol. The molecule has 1 amide bonds. The number of hydrogen-bond donors (Lipinski definition) is 1. The van der Waals surface area contributed by atoms with Gasteiger partial charge in [0.15, 0.2) is 0 Å². The van der Waals surface area contributed by atoms with Crippen molar-refractivity contribution in [1.29, 1.82) is 0 Å². The number of tetrazole rings is 1. The van der Waals surface area contributed by atoms with Crippen molar-refractivity contribution < 1.29 is 9.53 Å². The van der Waals surface area contributed by atoms with Crippen LogP contribution in [0.2, 0.25) is 0 Å². The first kappa shape index (κ1) is 18.1. The Hall–Kier alpha value is -2.74. The molecule has 2 aromatic carbocycles. The van der Waals surface area contributed by atoms with Gasteiger partial charge < -0.3 is 10.1 Å². The fraction of sp³-hybridized carbons (Fsp3) is 0.222. The Morgan fingerprint density at radius 1 is 1.27 bits per heavy atom. The van der Waals surface area contributed by atoms with E-state index in [-0.39, 0.29) is 18.5 Å². The fourth-order valence-electron chi connectivity index (χ4n) is 2.44. The molecule has 1 heterocycles. The number of amides is 1. The minimum atomic E-state index is -0.185. The van der Waals surface area contributed by atoms with E-state index in [0.717, 1.165) is 15.6 Å². The SMILES string of the molecule is COc1cccc(-c2nnn(CC(=O)NC(C)c3ccc(Br)cc3)n2)c1. The number of halogens is 1. The number of benzene rings is 2. The maximum Gasteiger partial charge on any atom is 0.244 e. The zero-order chi connectivity index (χ0) is 18.5. The van der Waals surface area contributed by atoms with Crippen LogP contribution in [0.1, 0.15) is 18.5 Å². The van der Waals surface area contributed by atoms with Crippen LogP contribution in [0.4, 0.5) is 0 Å². The molecule has 8 heteroatoms. The van der Waals surface area contributed by atoms with Crippen molar-refractivity contribution in [2.45, 2.75) is 19.5 Å². The number of aromatic nitrogens is 4. The molecule has 26 heavy (non-hydrogen) atoms. The summed E-state index contributed by atoms with van der Waals surface area (Å²) in [6.45, 7) is 1.93. The highest BCUT2D eigenvalue weighted by Crippen LogP contribution is 2.20. The number of ether oxygens (including phenoxy) is 1. The summed E-state index contributed by atoms with van der Waals surface area (Å²) in [4.78, 5) is 13.5. The van der Waals surface area contributed by atoms with Gasteiger partial charge in [0.05, 0.1) is 13.2 Å². The van der Waals surface area contributed by atoms with Crippen LogP contribution in [0.3, 0.4) is 0 Å². The van der Waals surface area contributed by atoms with E-state index in [2.05, 4.69) is 36.7 Å². The third-order valence-electron chi connectivity index (χ3n) is 3.81. The summed E-state index contributed by atoms with van der Waals surface area (Å²) in [6, 6.07) is 15.1. The van der Waals surface area contributed by atoms with Crippen LogP contribution < -0.4 is 10.1 Å². The molecule has 0 saturated heterocycles. The van der Waals surface area contributed by atoms with Gasteiger partial charge in [0.2, 0.25) is 11.7 Å². The van der Waals surface area contributed by atoms with Crippen molar-refractivity contribution in [2.24, 2.45) is 0 Å². The number of hydrogen-bond acceptors (Lipinski definition) is 5. The maximum atomic E-state index is 12.2. The van der Waals surface area contributed by atoms with Crippen molar-refractivity contribution in [3.63, 3.8) is 0 Å². The predicted octanol–water partition coefficient (Wildman–Crippen LogP) is 2.99. The molecule has 1 atom stereocenters. The number of carbonyl (C=O) groups excluding carboxylic acids is 1. The molecule has 0 fully saturated rings. The molecule has 0 aliphatic carbocycles. The van der Waals surface area contributed by atoms with Crippen LogP contribution in [0, 0.1) is 0 Å². The van der Waals surface area contributed by atoms with E-state index < -0.39 is 0 Å². The number of nitrogens with zero attached hydrogens (tertiary/aromatic N) is 4. The standard InChI is InChI=1S/C18H18BrN5O2/c1-12(13-6-8-15(19)9-7-13)20-17(25)11-24-22-18(21-23-24)14-4-3-5-16(10-14)26-2/h3-10,12H,11H2,1-2H3,(H,20,25). The van der Waals surface area contributed by atoms with Crippen LogP contribution in [0.25, 0.3) is 11.4 Å². The van der Waals surface area contributed by atoms with E-state index in [0.29, 0.717) is 11.6 Å². The van der Waals surface area contributed by atoms with Gasteiger partial charge in [-0.2, -0.15) is 4.80 Å². The Kier molecular flexibility index (Phi) is 5.62. The minimum Gasteiger partial charge on any atom is -0.497 e. The summed E-state index contributed by atoms with van der Waals surface area (Å²) in [5.41, 5.74) is 1.80. The quantitative estimate of drug-likeness (QED) is 0.668. The predicted molar refractivity (Wildman–Crippen MR) is 101 cm³/mol. The molecule has 1 N–H and O–H groups in total. The van der Waals surface area contributed by atoms with Crippen molar-refractivity contribution in [2.75, 3.05) is 7.11 Å². The monoisotopic (exact) mass is 415 g/mol. The van der Waals surface area contributed by atoms with Crippen molar-refractivity contribution in [1.82, 2.24) is 25.5 Å². The molecule has 0 aliphatic rings. The number of nitrogens with one attached hydrogen (secondary N) is 1. The Bertz CT molecular complexity index is 895. The minimum absolute atomic E-state index is 0.00215. The molecule has 1 aromatic heterocycles. The first-order chi connectivity index (χ1) is 12.5. The van der Waals surface area contributed by atoms with Gasteiger partial charge in [-0.25, -0.2) is 0 Å². The molecule has 3 aromatic rings. The van der Waals surface area contributed by atoms with Gasteiger partial charge in [-0.15, -0.1) is 10.2 Å². The summed E-state index contributed by atoms with van der Waals surface area (Å²) in [5, 5.41) is 15.1. The molecular formula is C18H18BrN5O2. The van der Waals surface area contributed by atoms with Gasteiger partial charge in [0, 0.05) is 10.0 Å². The van der Waals surface area contributed by atoms with Gasteiger partial charge in [0.1, 0.15) is 12.3 Å². The summed E-state index contributed by atoms with van der Waals surface area (Å²) in [6.07, 6.45) is 0. The van der Waals surface area contributed by atoms with Gasteiger partial charge in [-0.1, -0.05) is 40.2 Å². The Labute approximate surface area is 159 Å². The van der Waals surface area contributed by atoms with Gasteiger partial charge in [-0.05, 0) is 42.0 Å². The second kappa shape index (κ2) is 8.09. The highest BCUT2D eigenvalue weighted by atomic mass is 79.9. The number of carbonyl (C=O) groups is 1. The largest absolute Gasteiger partial charge is 0.497 e. The lowest BCUT2D eigenvalue weighted by Gasteiger charge is -2.14. The second-order valence-corrected chi connectivity index (χ2v) is 6.63. The Morgan fingerprint density at radius 2 is 2.04 bits per heavy atom. The van der Waals surface area contributed by atoms with Crippen LogP contribution in [-0.2, 0) is 11.3 Å². The topological polar surface area (TPSA) is 81.9 Å². The molecule has 1 unspecified atom stereocenters. The third kappa shape index (κ3) is 4.45. The first-order valence-corrected chi connectivity index (χ1v) is 8.81. The van der Waals surface area contributed by atoms with Crippen molar-refractivity contribution >= 4 is 21.8 Å². The van der Waals surface area contributed by atoms with Crippen LogP contribution >= 0.6 is 15.9 Å². The highest BCUT2D eigenvalue weighted by Gasteiger charge is 2.13. The molecule has 3 rings (SSSR count). The van der Waals surface area contributed by atoms with Gasteiger partial charge in [-0.3, -0.25) is 4.79 Å². The molecule has 0 radical (unpaired) electrons. The summed E-state index contributed by atoms with van der Waals surface area (Å²) in [7, 11) is 1.60. The average Bonchev–Trinajstić information content (AvgIpc) is 3.10. The third-order valence-corrected chi connectivity index (χ3v) is 4.34. The van der Waals surface area contributed by atoms with E-state index in [1.54, 1.807) is 7.11 Å². The summed E-state index contributed by atoms with van der Waals surface area (Å²) < 4.78 is 6.19. The lowest BCUT2D eigenvalue weighted by Crippen LogP contribution is -2.30. The van der Waals surface area contributed by atoms with Crippen LogP contribution in [0.15, 0.2) is 53.0 Å². The van der Waals surface area contributed by atoms with E-state index >= 15 is 0 Å². The molecule has 0 spiro atoms. The summed E-state index contributed by atoms with van der Waals surface area (Å²) in [5.74, 6) is 0.965. The summed E-state index contributed by atoms with van der Waals surface area (Å²) >= 11 is 3.40. The lowest BCUT2D eigenvalue weighted by atomic mass is 10.1. The lowest BCUT2D eigenvalue weighted by molar-refractivity contribution is -0.122. The maximum absolute atomic E-state index is 12.2. The van der Waals surface area contributed by atoms with E-state index in [4.69, 9.17) is 4.74 Å². The van der Waals surface area contributed by atoms with Crippen molar-refractivity contribution in [3.8, 4) is 17.1 Å². The fourth-order valence-corrected chi connectivity index (χ4v) is 2.70. The first-order valence-electron chi connectivity index (χ1n) is 8.02. The van der Waals surface area contributed by atoms with Gasteiger partial charge >= 0.3 is 0 Å². The zero-order valence-corrected chi connectivity index (χ0v) is 16.0. The van der Waals surface area contributed by atoms with Crippen LogP contribution in [0.5, 0.6) is 5.75 Å². The molecule has 134 valence electrons. The highest BCUT2D eigenvalue weighted by molar-refractivity contribution is 9.10. The number of methoxy groups -OCH3 is 1. The Balaban J connectivity index is 1.63. The second-order valence-electron chi connectivity index (χ2n) is 5.72. The van der Waals surface area contributed by atoms with Crippen molar-refractivity contribution in [3.05, 3.63) is 58.6 Å². The normalized spacial score (nSPS) is 11.8. The van der Waals surface area contributed by atoms with Gasteiger partial charge in [0.25, 0.3) is 0 Å². The molecule has 0 saturated carbocycles. The molecule has 0 bridgehead atoms. The average molecular weight is 416 g/mol. The van der Waals surface area contributed by atoms with Crippen LogP contribution in [-0.4, -0.2) is 33.2 Å². The van der Waals surface area contributed by atoms with E-state index in [9.17, 15) is 4.79 Å². The van der Waals surface area contributed by atoms with E-state index in [1.165, 1.54) is 4.80 Å². The van der Waals surface area contributed by atoms with E-state index in [1.807, 2.05) is 55.5 Å². The Morgan fingerprint density at radius 3 is 2.77 bits per heavy atom. The smallest absolute Gasteiger partial charge is 0.244 e. The molecule has 7 nitrogen and oxygen atoms in total. The number of rotatable bonds is 6.